The lowest BCUT2D eigenvalue weighted by atomic mass is 10.0. The molecule has 2 N–H and O–H groups in total. The number of ketones is 1. The number of rotatable bonds is 4. The second-order valence-electron chi connectivity index (χ2n) is 5.09. The Morgan fingerprint density at radius 1 is 0.917 bits per heavy atom. The summed E-state index contributed by atoms with van der Waals surface area (Å²) in [5.74, 6) is -2.39. The molecule has 0 aliphatic carbocycles. The van der Waals surface area contributed by atoms with E-state index >= 15 is 0 Å². The summed E-state index contributed by atoms with van der Waals surface area (Å²) in [4.78, 5) is 31.8. The van der Waals surface area contributed by atoms with Crippen LogP contribution < -0.4 is 0 Å². The van der Waals surface area contributed by atoms with Crippen LogP contribution >= 0.6 is 0 Å². The highest BCUT2D eigenvalue weighted by Crippen LogP contribution is 2.13. The van der Waals surface area contributed by atoms with Crippen LogP contribution in [0.5, 0.6) is 0 Å². The zero-order chi connectivity index (χ0) is 18.3. The van der Waals surface area contributed by atoms with Gasteiger partial charge in [0.2, 0.25) is 0 Å². The van der Waals surface area contributed by atoms with E-state index in [0.717, 1.165) is 5.56 Å². The number of Topliss-reactive ketones (excluding diaryl/α,β-unsaturated/α-hetero) is 1. The van der Waals surface area contributed by atoms with Gasteiger partial charge in [-0.25, -0.2) is 14.0 Å². The van der Waals surface area contributed by atoms with Crippen LogP contribution in [0.25, 0.3) is 0 Å². The van der Waals surface area contributed by atoms with Gasteiger partial charge in [0.25, 0.3) is 0 Å². The Hall–Kier alpha value is -3.02. The van der Waals surface area contributed by atoms with E-state index < -0.39 is 11.9 Å². The Morgan fingerprint density at radius 2 is 1.38 bits per heavy atom. The van der Waals surface area contributed by atoms with E-state index in [1.54, 1.807) is 12.1 Å². The number of carboxylic acids is 2. The minimum absolute atomic E-state index is 0.0277. The van der Waals surface area contributed by atoms with Gasteiger partial charge in [-0.2, -0.15) is 0 Å². The number of hydrogen-bond acceptors (Lipinski definition) is 3. The standard InChI is InChI=1S/C9H9FO.C9H8O4/c1-7(11)6-8-2-4-9(10)5-3-8;1-5-6(8(10)11)3-2-4-7(5)9(12)13/h2-5H,6H2,1H3;2-4H,1H3,(H,10,11)(H,12,13). The van der Waals surface area contributed by atoms with Crippen LogP contribution in [0.15, 0.2) is 42.5 Å². The SMILES string of the molecule is CC(=O)Cc1ccc(F)cc1.Cc1c(C(=O)O)cccc1C(=O)O. The summed E-state index contributed by atoms with van der Waals surface area (Å²) in [5, 5.41) is 17.4. The number of benzene rings is 2. The van der Waals surface area contributed by atoms with Gasteiger partial charge in [-0.05, 0) is 49.2 Å². The molecule has 0 saturated carbocycles. The average molecular weight is 332 g/mol. The van der Waals surface area contributed by atoms with Gasteiger partial charge in [-0.3, -0.25) is 4.79 Å². The quantitative estimate of drug-likeness (QED) is 0.896. The first-order valence-corrected chi connectivity index (χ1v) is 7.02. The Labute approximate surface area is 138 Å². The third-order valence-electron chi connectivity index (χ3n) is 3.16. The predicted molar refractivity (Wildman–Crippen MR) is 85.9 cm³/mol. The van der Waals surface area contributed by atoms with Crippen molar-refractivity contribution in [3.05, 3.63) is 70.5 Å². The number of hydrogen-bond donors (Lipinski definition) is 2. The summed E-state index contributed by atoms with van der Waals surface area (Å²) in [5.41, 5.74) is 1.20. The zero-order valence-corrected chi connectivity index (χ0v) is 13.2. The van der Waals surface area contributed by atoms with Gasteiger partial charge in [0, 0.05) is 6.42 Å². The zero-order valence-electron chi connectivity index (χ0n) is 13.2. The lowest BCUT2D eigenvalue weighted by Crippen LogP contribution is -2.06. The lowest BCUT2D eigenvalue weighted by Gasteiger charge is -2.03. The normalized spacial score (nSPS) is 9.62. The summed E-state index contributed by atoms with van der Waals surface area (Å²) in [7, 11) is 0. The van der Waals surface area contributed by atoms with Gasteiger partial charge in [-0.15, -0.1) is 0 Å². The summed E-state index contributed by atoms with van der Waals surface area (Å²) in [6.45, 7) is 3.00. The fraction of sp³-hybridized carbons (Fsp3) is 0.167. The Kier molecular flexibility index (Phi) is 6.79. The molecule has 24 heavy (non-hydrogen) atoms. The molecule has 126 valence electrons. The third kappa shape index (κ3) is 5.64. The molecular formula is C18H17FO5. The average Bonchev–Trinajstić information content (AvgIpc) is 2.49. The van der Waals surface area contributed by atoms with Crippen molar-refractivity contribution in [3.8, 4) is 0 Å². The van der Waals surface area contributed by atoms with Crippen molar-refractivity contribution in [2.24, 2.45) is 0 Å². The van der Waals surface area contributed by atoms with Crippen LogP contribution in [-0.2, 0) is 11.2 Å². The van der Waals surface area contributed by atoms with Crippen LogP contribution in [0.2, 0.25) is 0 Å². The van der Waals surface area contributed by atoms with E-state index in [9.17, 15) is 18.8 Å². The summed E-state index contributed by atoms with van der Waals surface area (Å²) in [6, 6.07) is 10.1. The van der Waals surface area contributed by atoms with Crippen LogP contribution in [0.4, 0.5) is 4.39 Å². The third-order valence-corrected chi connectivity index (χ3v) is 3.16. The van der Waals surface area contributed by atoms with Gasteiger partial charge >= 0.3 is 11.9 Å². The molecule has 6 heteroatoms. The molecule has 2 aromatic carbocycles. The first-order valence-electron chi connectivity index (χ1n) is 7.02. The smallest absolute Gasteiger partial charge is 0.335 e. The molecule has 0 bridgehead atoms. The molecule has 2 aromatic rings. The molecule has 0 radical (unpaired) electrons. The van der Waals surface area contributed by atoms with Gasteiger partial charge in [-0.1, -0.05) is 18.2 Å². The Bertz CT molecular complexity index is 718. The van der Waals surface area contributed by atoms with Gasteiger partial charge in [0.05, 0.1) is 11.1 Å². The second kappa shape index (κ2) is 8.57. The van der Waals surface area contributed by atoms with E-state index in [4.69, 9.17) is 10.2 Å². The molecule has 0 spiro atoms. The highest BCUT2D eigenvalue weighted by Gasteiger charge is 2.13. The maximum atomic E-state index is 12.3. The molecule has 0 aliphatic rings. The summed E-state index contributed by atoms with van der Waals surface area (Å²) < 4.78 is 12.3. The molecule has 0 heterocycles. The second-order valence-corrected chi connectivity index (χ2v) is 5.09. The molecule has 0 fully saturated rings. The molecule has 0 atom stereocenters. The molecule has 0 unspecified atom stereocenters. The first kappa shape index (κ1) is 19.0. The van der Waals surface area contributed by atoms with Crippen molar-refractivity contribution in [1.29, 1.82) is 0 Å². The van der Waals surface area contributed by atoms with Gasteiger partial charge < -0.3 is 10.2 Å². The molecule has 0 aromatic heterocycles. The monoisotopic (exact) mass is 332 g/mol. The molecule has 0 aliphatic heterocycles. The highest BCUT2D eigenvalue weighted by atomic mass is 19.1. The number of carbonyl (C=O) groups is 3. The predicted octanol–water partition coefficient (Wildman–Crippen LogP) is 3.35. The van der Waals surface area contributed by atoms with E-state index in [1.165, 1.54) is 44.2 Å². The minimum atomic E-state index is -1.11. The van der Waals surface area contributed by atoms with Crippen LogP contribution in [0.3, 0.4) is 0 Å². The maximum absolute atomic E-state index is 12.3. The lowest BCUT2D eigenvalue weighted by molar-refractivity contribution is -0.116. The molecule has 5 nitrogen and oxygen atoms in total. The molecule has 0 saturated heterocycles. The summed E-state index contributed by atoms with van der Waals surface area (Å²) in [6.07, 6.45) is 0.389. The van der Waals surface area contributed by atoms with Crippen molar-refractivity contribution in [2.75, 3.05) is 0 Å². The van der Waals surface area contributed by atoms with Crippen LogP contribution in [-0.4, -0.2) is 27.9 Å². The number of aromatic carboxylic acids is 2. The van der Waals surface area contributed by atoms with E-state index in [2.05, 4.69) is 0 Å². The minimum Gasteiger partial charge on any atom is -0.478 e. The van der Waals surface area contributed by atoms with E-state index in [1.807, 2.05) is 0 Å². The van der Waals surface area contributed by atoms with Gasteiger partial charge in [0.1, 0.15) is 11.6 Å². The highest BCUT2D eigenvalue weighted by molar-refractivity contribution is 5.96. The van der Waals surface area contributed by atoms with Crippen molar-refractivity contribution in [1.82, 2.24) is 0 Å². The fourth-order valence-corrected chi connectivity index (χ4v) is 1.99. The summed E-state index contributed by atoms with van der Waals surface area (Å²) >= 11 is 0. The topological polar surface area (TPSA) is 91.7 Å². The Morgan fingerprint density at radius 3 is 1.75 bits per heavy atom. The largest absolute Gasteiger partial charge is 0.478 e. The van der Waals surface area contributed by atoms with E-state index in [0.29, 0.717) is 6.42 Å². The molecule has 0 amide bonds. The van der Waals surface area contributed by atoms with Crippen molar-refractivity contribution < 1.29 is 29.0 Å². The van der Waals surface area contributed by atoms with Crippen molar-refractivity contribution in [3.63, 3.8) is 0 Å². The van der Waals surface area contributed by atoms with Crippen LogP contribution in [0, 0.1) is 12.7 Å². The Balaban J connectivity index is 0.000000243. The van der Waals surface area contributed by atoms with Gasteiger partial charge in [0.15, 0.2) is 0 Å². The van der Waals surface area contributed by atoms with Crippen LogP contribution in [0.1, 0.15) is 38.8 Å². The maximum Gasteiger partial charge on any atom is 0.335 e. The molecule has 2 rings (SSSR count). The first-order chi connectivity index (χ1) is 11.2. The number of halogens is 1. The van der Waals surface area contributed by atoms with E-state index in [-0.39, 0.29) is 28.3 Å². The fourth-order valence-electron chi connectivity index (χ4n) is 1.99. The number of carboxylic acid groups (broad SMARTS) is 2. The number of carbonyl (C=O) groups excluding carboxylic acids is 1. The molecular weight excluding hydrogens is 315 g/mol. The van der Waals surface area contributed by atoms with Crippen molar-refractivity contribution >= 4 is 17.7 Å². The van der Waals surface area contributed by atoms with Crippen molar-refractivity contribution in [2.45, 2.75) is 20.3 Å².